The van der Waals surface area contributed by atoms with Crippen LogP contribution in [0.3, 0.4) is 0 Å². The van der Waals surface area contributed by atoms with E-state index in [-0.39, 0.29) is 17.6 Å². The maximum Gasteiger partial charge on any atom is 0.271 e. The van der Waals surface area contributed by atoms with Crippen LogP contribution in [0.4, 0.5) is 0 Å². The maximum atomic E-state index is 12.0. The highest BCUT2D eigenvalue weighted by atomic mass is 16.5. The highest BCUT2D eigenvalue weighted by molar-refractivity contribution is 5.92. The van der Waals surface area contributed by atoms with Crippen LogP contribution in [0, 0.1) is 0 Å². The van der Waals surface area contributed by atoms with Crippen LogP contribution in [0.5, 0.6) is 0 Å². The fraction of sp³-hybridized carbons (Fsp3) is 0.714. The number of carbonyl (C=O) groups is 1. The molecule has 1 atom stereocenters. The van der Waals surface area contributed by atoms with Crippen molar-refractivity contribution in [2.24, 2.45) is 7.05 Å². The number of nitrogens with one attached hydrogen (secondary N) is 1. The van der Waals surface area contributed by atoms with Crippen molar-refractivity contribution in [2.75, 3.05) is 6.61 Å². The van der Waals surface area contributed by atoms with Crippen molar-refractivity contribution in [3.8, 4) is 0 Å². The van der Waals surface area contributed by atoms with E-state index < -0.39 is 0 Å². The van der Waals surface area contributed by atoms with Gasteiger partial charge in [0.1, 0.15) is 5.69 Å². The minimum absolute atomic E-state index is 0.0420. The Kier molecular flexibility index (Phi) is 3.31. The van der Waals surface area contributed by atoms with Gasteiger partial charge in [0, 0.05) is 13.2 Å². The molecule has 1 aliphatic carbocycles. The summed E-state index contributed by atoms with van der Waals surface area (Å²) in [5, 5.41) is 3.04. The molecule has 19 heavy (non-hydrogen) atoms. The van der Waals surface area contributed by atoms with Gasteiger partial charge in [-0.3, -0.25) is 4.79 Å². The molecule has 5 heteroatoms. The van der Waals surface area contributed by atoms with Gasteiger partial charge in [-0.1, -0.05) is 19.3 Å². The van der Waals surface area contributed by atoms with E-state index in [1.54, 1.807) is 17.1 Å². The lowest BCUT2D eigenvalue weighted by molar-refractivity contribution is -0.0246. The molecule has 5 nitrogen and oxygen atoms in total. The van der Waals surface area contributed by atoms with Gasteiger partial charge < -0.3 is 14.6 Å². The summed E-state index contributed by atoms with van der Waals surface area (Å²) in [5.41, 5.74) is 0.521. The van der Waals surface area contributed by atoms with Crippen molar-refractivity contribution in [2.45, 2.75) is 50.2 Å². The molecule has 0 radical (unpaired) electrons. The second-order valence-corrected chi connectivity index (χ2v) is 5.85. The Morgan fingerprint density at radius 1 is 1.47 bits per heavy atom. The van der Waals surface area contributed by atoms with E-state index in [0.29, 0.717) is 12.3 Å². The van der Waals surface area contributed by atoms with Crippen molar-refractivity contribution < 1.29 is 9.53 Å². The van der Waals surface area contributed by atoms with Crippen LogP contribution in [-0.2, 0) is 11.8 Å². The second-order valence-electron chi connectivity index (χ2n) is 5.85. The van der Waals surface area contributed by atoms with Gasteiger partial charge in [0.05, 0.1) is 24.6 Å². The number of rotatable bonds is 2. The number of aromatic nitrogens is 2. The highest BCUT2D eigenvalue weighted by Crippen LogP contribution is 2.39. The Balaban J connectivity index is 1.58. The molecular formula is C14H21N3O2. The van der Waals surface area contributed by atoms with Gasteiger partial charge in [-0.05, 0) is 19.3 Å². The third-order valence-electron chi connectivity index (χ3n) is 4.25. The van der Waals surface area contributed by atoms with Crippen molar-refractivity contribution >= 4 is 5.91 Å². The van der Waals surface area contributed by atoms with Crippen LogP contribution in [0.25, 0.3) is 0 Å². The topological polar surface area (TPSA) is 56.2 Å². The lowest BCUT2D eigenvalue weighted by Gasteiger charge is -2.32. The number of carbonyl (C=O) groups excluding carboxylic acids is 1. The molecule has 0 unspecified atom stereocenters. The van der Waals surface area contributed by atoms with Crippen molar-refractivity contribution in [1.82, 2.24) is 14.9 Å². The molecule has 1 N–H and O–H groups in total. The van der Waals surface area contributed by atoms with Crippen LogP contribution in [0.15, 0.2) is 12.5 Å². The van der Waals surface area contributed by atoms with E-state index in [2.05, 4.69) is 10.3 Å². The van der Waals surface area contributed by atoms with E-state index in [1.807, 2.05) is 7.05 Å². The molecule has 1 aromatic rings. The smallest absolute Gasteiger partial charge is 0.271 e. The van der Waals surface area contributed by atoms with Gasteiger partial charge in [0.25, 0.3) is 5.91 Å². The largest absolute Gasteiger partial charge is 0.373 e. The first kappa shape index (κ1) is 12.7. The molecule has 3 rings (SSSR count). The summed E-state index contributed by atoms with van der Waals surface area (Å²) in [7, 11) is 1.86. The van der Waals surface area contributed by atoms with Gasteiger partial charge >= 0.3 is 0 Å². The maximum absolute atomic E-state index is 12.0. The molecule has 2 heterocycles. The first-order valence-electron chi connectivity index (χ1n) is 7.10. The summed E-state index contributed by atoms with van der Waals surface area (Å²) in [6, 6.07) is 0.132. The molecule has 0 bridgehead atoms. The monoisotopic (exact) mass is 263 g/mol. The van der Waals surface area contributed by atoms with Crippen molar-refractivity contribution in [3.05, 3.63) is 18.2 Å². The van der Waals surface area contributed by atoms with Gasteiger partial charge in [-0.15, -0.1) is 0 Å². The number of imidazole rings is 1. The van der Waals surface area contributed by atoms with E-state index in [0.717, 1.165) is 19.3 Å². The summed E-state index contributed by atoms with van der Waals surface area (Å²) >= 11 is 0. The molecule has 1 saturated carbocycles. The Morgan fingerprint density at radius 2 is 2.26 bits per heavy atom. The fourth-order valence-corrected chi connectivity index (χ4v) is 3.27. The van der Waals surface area contributed by atoms with Crippen LogP contribution in [0.1, 0.15) is 49.0 Å². The van der Waals surface area contributed by atoms with Crippen LogP contribution < -0.4 is 5.32 Å². The Labute approximate surface area is 113 Å². The number of ether oxygens (including phenoxy) is 1. The third kappa shape index (κ3) is 2.66. The highest BCUT2D eigenvalue weighted by Gasteiger charge is 2.41. The SMILES string of the molecule is Cn1cnc(C(=O)N[C@@H]2COC3(CCCCC3)C2)c1. The zero-order valence-corrected chi connectivity index (χ0v) is 11.4. The van der Waals surface area contributed by atoms with Gasteiger partial charge in [0.2, 0.25) is 0 Å². The molecule has 1 amide bonds. The Morgan fingerprint density at radius 3 is 2.95 bits per heavy atom. The van der Waals surface area contributed by atoms with E-state index in [1.165, 1.54) is 19.3 Å². The molecule has 1 aliphatic heterocycles. The van der Waals surface area contributed by atoms with Crippen LogP contribution in [-0.4, -0.2) is 33.7 Å². The quantitative estimate of drug-likeness (QED) is 0.882. The van der Waals surface area contributed by atoms with Gasteiger partial charge in [-0.25, -0.2) is 4.98 Å². The van der Waals surface area contributed by atoms with Crippen LogP contribution in [0.2, 0.25) is 0 Å². The average molecular weight is 263 g/mol. The third-order valence-corrected chi connectivity index (χ3v) is 4.25. The van der Waals surface area contributed by atoms with Gasteiger partial charge in [0.15, 0.2) is 0 Å². The predicted molar refractivity (Wildman–Crippen MR) is 70.8 cm³/mol. The average Bonchev–Trinajstić information content (AvgIpc) is 2.98. The first-order chi connectivity index (χ1) is 9.17. The normalized spacial score (nSPS) is 25.6. The lowest BCUT2D eigenvalue weighted by atomic mass is 9.82. The zero-order valence-electron chi connectivity index (χ0n) is 11.4. The van der Waals surface area contributed by atoms with Gasteiger partial charge in [-0.2, -0.15) is 0 Å². The molecule has 2 fully saturated rings. The summed E-state index contributed by atoms with van der Waals surface area (Å²) in [6.07, 6.45) is 10.4. The molecule has 1 saturated heterocycles. The lowest BCUT2D eigenvalue weighted by Crippen LogP contribution is -2.37. The first-order valence-corrected chi connectivity index (χ1v) is 7.10. The number of nitrogens with zero attached hydrogens (tertiary/aromatic N) is 2. The molecule has 1 aromatic heterocycles. The second kappa shape index (κ2) is 4.96. The number of aryl methyl sites for hydroxylation is 1. The summed E-state index contributed by atoms with van der Waals surface area (Å²) in [6.45, 7) is 0.637. The van der Waals surface area contributed by atoms with E-state index >= 15 is 0 Å². The molecule has 1 spiro atoms. The zero-order chi connectivity index (χ0) is 13.3. The number of amides is 1. The minimum Gasteiger partial charge on any atom is -0.373 e. The summed E-state index contributed by atoms with van der Waals surface area (Å²) in [4.78, 5) is 16.1. The molecule has 104 valence electrons. The minimum atomic E-state index is -0.0953. The summed E-state index contributed by atoms with van der Waals surface area (Å²) in [5.74, 6) is -0.0953. The predicted octanol–water partition coefficient (Wildman–Crippen LogP) is 1.64. The van der Waals surface area contributed by atoms with Crippen molar-refractivity contribution in [3.63, 3.8) is 0 Å². The standard InChI is InChI=1S/C14H21N3O2/c1-17-8-12(15-10-17)13(18)16-11-7-14(19-9-11)5-3-2-4-6-14/h8,10-11H,2-7,9H2,1H3,(H,16,18)/t11-/m0/s1. The van der Waals surface area contributed by atoms with E-state index in [4.69, 9.17) is 4.74 Å². The summed E-state index contributed by atoms with van der Waals surface area (Å²) < 4.78 is 7.78. The fourth-order valence-electron chi connectivity index (χ4n) is 3.27. The number of hydrogen-bond acceptors (Lipinski definition) is 3. The Bertz CT molecular complexity index is 463. The van der Waals surface area contributed by atoms with Crippen LogP contribution >= 0.6 is 0 Å². The Hall–Kier alpha value is -1.36. The molecule has 0 aromatic carbocycles. The number of hydrogen-bond donors (Lipinski definition) is 1. The van der Waals surface area contributed by atoms with E-state index in [9.17, 15) is 4.79 Å². The molecule has 2 aliphatic rings. The molecular weight excluding hydrogens is 242 g/mol. The van der Waals surface area contributed by atoms with Crippen molar-refractivity contribution in [1.29, 1.82) is 0 Å².